The second kappa shape index (κ2) is 12.5. The van der Waals surface area contributed by atoms with Crippen molar-refractivity contribution in [1.82, 2.24) is 24.3 Å². The predicted octanol–water partition coefficient (Wildman–Crippen LogP) is 4.42. The van der Waals surface area contributed by atoms with Gasteiger partial charge in [-0.05, 0) is 63.3 Å². The van der Waals surface area contributed by atoms with Crippen LogP contribution in [0.25, 0.3) is 11.0 Å². The number of nitrogens with zero attached hydrogens (tertiary/aromatic N) is 7. The first-order valence-electron chi connectivity index (χ1n) is 14.0. The lowest BCUT2D eigenvalue weighted by Gasteiger charge is -2.42. The number of carboxylic acid groups (broad SMARTS) is 1. The fourth-order valence-corrected chi connectivity index (χ4v) is 5.40. The Bertz CT molecular complexity index is 1490. The topological polar surface area (TPSA) is 148 Å². The molecule has 3 aromatic rings. The van der Waals surface area contributed by atoms with Crippen LogP contribution >= 0.6 is 0 Å². The van der Waals surface area contributed by atoms with Crippen molar-refractivity contribution < 1.29 is 19.5 Å². The van der Waals surface area contributed by atoms with Crippen molar-refractivity contribution in [3.63, 3.8) is 0 Å². The number of likely N-dealkylation sites (tertiary alicyclic amines) is 1. The number of carbonyl (C=O) groups excluding carboxylic acids is 2. The van der Waals surface area contributed by atoms with Gasteiger partial charge >= 0.3 is 12.1 Å². The highest BCUT2D eigenvalue weighted by atomic mass is 16.4. The number of anilines is 2. The molecule has 42 heavy (non-hydrogen) atoms. The molecule has 2 N–H and O–H groups in total. The molecule has 0 radical (unpaired) electrons. The fraction of sp³-hybridized carbons (Fsp3) is 0.467. The summed E-state index contributed by atoms with van der Waals surface area (Å²) in [5, 5.41) is 22.1. The Balaban J connectivity index is 1.46. The Morgan fingerprint density at radius 2 is 1.88 bits per heavy atom. The minimum atomic E-state index is -0.954. The highest BCUT2D eigenvalue weighted by Crippen LogP contribution is 2.30. The molecule has 4 rings (SSSR count). The van der Waals surface area contributed by atoms with E-state index < -0.39 is 11.6 Å². The number of hydrogen-bond donors (Lipinski definition) is 2. The van der Waals surface area contributed by atoms with E-state index in [1.165, 1.54) is 15.8 Å². The lowest BCUT2D eigenvalue weighted by atomic mass is 9.92. The Kier molecular flexibility index (Phi) is 8.99. The minimum absolute atomic E-state index is 0.0128. The third kappa shape index (κ3) is 6.62. The SMILES string of the molecule is C[C@@H]1CCN(C(=O)CC#N)C[C@@H]1N(C)c1ncnc2c1ccn2C(=O)Nc1ccc(CCN(C(=O)O)C(C)(C)C)cc1. The number of amides is 3. The van der Waals surface area contributed by atoms with E-state index in [0.29, 0.717) is 54.5 Å². The molecule has 0 saturated carbocycles. The molecule has 2 aromatic heterocycles. The number of nitrogens with one attached hydrogen (secondary N) is 1. The maximum absolute atomic E-state index is 13.2. The largest absolute Gasteiger partial charge is 0.465 e. The van der Waals surface area contributed by atoms with E-state index in [2.05, 4.69) is 22.2 Å². The molecule has 1 aliphatic rings. The number of nitriles is 1. The summed E-state index contributed by atoms with van der Waals surface area (Å²) in [4.78, 5) is 51.3. The van der Waals surface area contributed by atoms with Crippen molar-refractivity contribution in [3.8, 4) is 6.07 Å². The molecular weight excluding hydrogens is 536 g/mol. The van der Waals surface area contributed by atoms with Crippen molar-refractivity contribution in [3.05, 3.63) is 48.4 Å². The number of rotatable bonds is 7. The van der Waals surface area contributed by atoms with Crippen LogP contribution in [0.1, 0.15) is 46.1 Å². The maximum Gasteiger partial charge on any atom is 0.407 e. The van der Waals surface area contributed by atoms with Gasteiger partial charge in [0, 0.05) is 44.1 Å². The second-order valence-electron chi connectivity index (χ2n) is 11.7. The zero-order chi connectivity index (χ0) is 30.6. The van der Waals surface area contributed by atoms with Crippen molar-refractivity contribution in [2.45, 2.75) is 58.5 Å². The number of hydrogen-bond acceptors (Lipinski definition) is 7. The Morgan fingerprint density at radius 1 is 1.17 bits per heavy atom. The lowest BCUT2D eigenvalue weighted by molar-refractivity contribution is -0.131. The second-order valence-corrected chi connectivity index (χ2v) is 11.7. The van der Waals surface area contributed by atoms with Gasteiger partial charge in [-0.25, -0.2) is 19.6 Å². The molecule has 222 valence electrons. The quantitative estimate of drug-likeness (QED) is 0.421. The van der Waals surface area contributed by atoms with Crippen LogP contribution in [-0.4, -0.2) is 85.7 Å². The number of benzene rings is 1. The molecule has 0 unspecified atom stereocenters. The van der Waals surface area contributed by atoms with Gasteiger partial charge in [0.15, 0.2) is 5.65 Å². The molecule has 12 heteroatoms. The lowest BCUT2D eigenvalue weighted by Crippen LogP contribution is -2.52. The van der Waals surface area contributed by atoms with Crippen LogP contribution in [0, 0.1) is 17.2 Å². The van der Waals surface area contributed by atoms with Gasteiger partial charge < -0.3 is 25.1 Å². The molecule has 0 spiro atoms. The minimum Gasteiger partial charge on any atom is -0.465 e. The average Bonchev–Trinajstić information content (AvgIpc) is 3.38. The van der Waals surface area contributed by atoms with E-state index in [1.54, 1.807) is 29.3 Å². The van der Waals surface area contributed by atoms with E-state index in [0.717, 1.165) is 12.0 Å². The highest BCUT2D eigenvalue weighted by Gasteiger charge is 2.33. The summed E-state index contributed by atoms with van der Waals surface area (Å²) < 4.78 is 1.43. The molecule has 1 aliphatic heterocycles. The fourth-order valence-electron chi connectivity index (χ4n) is 5.40. The van der Waals surface area contributed by atoms with Gasteiger partial charge in [0.05, 0.1) is 17.5 Å². The predicted molar refractivity (Wildman–Crippen MR) is 159 cm³/mol. The van der Waals surface area contributed by atoms with Crippen LogP contribution in [0.15, 0.2) is 42.9 Å². The molecule has 1 fully saturated rings. The molecular formula is C30H38N8O4. The van der Waals surface area contributed by atoms with E-state index in [9.17, 15) is 19.5 Å². The normalized spacial score (nSPS) is 17.0. The Morgan fingerprint density at radius 3 is 2.52 bits per heavy atom. The first kappa shape index (κ1) is 30.3. The van der Waals surface area contributed by atoms with E-state index in [1.807, 2.05) is 50.9 Å². The third-order valence-electron chi connectivity index (χ3n) is 7.88. The number of likely N-dealkylation sites (N-methyl/N-ethyl adjacent to an activating group) is 1. The summed E-state index contributed by atoms with van der Waals surface area (Å²) in [5.41, 5.74) is 1.52. The van der Waals surface area contributed by atoms with Crippen molar-refractivity contribution in [2.24, 2.45) is 5.92 Å². The highest BCUT2D eigenvalue weighted by molar-refractivity contribution is 5.99. The van der Waals surface area contributed by atoms with Crippen LogP contribution in [0.2, 0.25) is 0 Å². The van der Waals surface area contributed by atoms with Gasteiger partial charge in [-0.15, -0.1) is 0 Å². The van der Waals surface area contributed by atoms with E-state index >= 15 is 0 Å². The molecule has 12 nitrogen and oxygen atoms in total. The van der Waals surface area contributed by atoms with Crippen LogP contribution < -0.4 is 10.2 Å². The van der Waals surface area contributed by atoms with E-state index in [4.69, 9.17) is 5.26 Å². The van der Waals surface area contributed by atoms with Gasteiger partial charge in [0.1, 0.15) is 18.6 Å². The summed E-state index contributed by atoms with van der Waals surface area (Å²) in [6, 6.07) is 10.7. The van der Waals surface area contributed by atoms with Crippen LogP contribution in [0.5, 0.6) is 0 Å². The monoisotopic (exact) mass is 574 g/mol. The summed E-state index contributed by atoms with van der Waals surface area (Å²) >= 11 is 0. The third-order valence-corrected chi connectivity index (χ3v) is 7.88. The smallest absolute Gasteiger partial charge is 0.407 e. The maximum atomic E-state index is 13.2. The van der Waals surface area contributed by atoms with Crippen LogP contribution in [0.4, 0.5) is 21.1 Å². The van der Waals surface area contributed by atoms with Gasteiger partial charge in [0.2, 0.25) is 5.91 Å². The summed E-state index contributed by atoms with van der Waals surface area (Å²) in [7, 11) is 1.93. The van der Waals surface area contributed by atoms with Gasteiger partial charge in [-0.2, -0.15) is 5.26 Å². The van der Waals surface area contributed by atoms with Gasteiger partial charge in [-0.1, -0.05) is 19.1 Å². The molecule has 1 saturated heterocycles. The summed E-state index contributed by atoms with van der Waals surface area (Å²) in [5.74, 6) is 0.784. The summed E-state index contributed by atoms with van der Waals surface area (Å²) in [6.07, 6.45) is 3.36. The number of carbonyl (C=O) groups is 3. The number of aromatic nitrogens is 3. The van der Waals surface area contributed by atoms with Crippen molar-refractivity contribution in [2.75, 3.05) is 36.9 Å². The van der Waals surface area contributed by atoms with E-state index in [-0.39, 0.29) is 24.4 Å². The van der Waals surface area contributed by atoms with Crippen molar-refractivity contribution in [1.29, 1.82) is 5.26 Å². The van der Waals surface area contributed by atoms with Gasteiger partial charge in [-0.3, -0.25) is 9.36 Å². The zero-order valence-corrected chi connectivity index (χ0v) is 24.7. The van der Waals surface area contributed by atoms with Crippen LogP contribution in [0.3, 0.4) is 0 Å². The Labute approximate surface area is 245 Å². The zero-order valence-electron chi connectivity index (χ0n) is 24.7. The number of piperidine rings is 1. The molecule has 3 heterocycles. The van der Waals surface area contributed by atoms with Crippen LogP contribution in [-0.2, 0) is 11.2 Å². The standard InChI is InChI=1S/C30H38N8O4/c1-20-11-15-36(25(39)10-14-31)18-24(20)35(5)26-23-13-16-37(27(23)33-19-32-26)28(40)34-22-8-6-21(7-9-22)12-17-38(29(41)42)30(2,3)4/h6-9,13,16,19-20,24H,10-12,15,17-18H2,1-5H3,(H,34,40)(H,41,42)/t20-,24+/m1/s1. The summed E-state index contributed by atoms with van der Waals surface area (Å²) in [6.45, 7) is 9.21. The number of fused-ring (bicyclic) bond motifs is 1. The van der Waals surface area contributed by atoms with Crippen molar-refractivity contribution >= 4 is 40.6 Å². The Hall–Kier alpha value is -4.66. The average molecular weight is 575 g/mol. The first-order chi connectivity index (χ1) is 19.9. The molecule has 1 aromatic carbocycles. The first-order valence-corrected chi connectivity index (χ1v) is 14.0. The molecule has 3 amide bonds. The molecule has 2 atom stereocenters. The molecule has 0 aliphatic carbocycles. The molecule has 0 bridgehead atoms. The van der Waals surface area contributed by atoms with Gasteiger partial charge in [0.25, 0.3) is 0 Å².